The maximum Gasteiger partial charge on any atom is 0.0719 e. The molecule has 2 aliphatic rings. The summed E-state index contributed by atoms with van der Waals surface area (Å²) in [7, 11) is 0. The minimum Gasteiger partial charge on any atom is -0.309 e. The van der Waals surface area contributed by atoms with Crippen LogP contribution in [0.3, 0.4) is 0 Å². The Bertz CT molecular complexity index is 4030. The van der Waals surface area contributed by atoms with E-state index in [0.717, 1.165) is 22.6 Å². The first kappa shape index (κ1) is 42.3. The summed E-state index contributed by atoms with van der Waals surface area (Å²) in [6.07, 6.45) is 0. The van der Waals surface area contributed by atoms with Crippen molar-refractivity contribution >= 4 is 48.6 Å². The second-order valence-corrected chi connectivity index (χ2v) is 21.0. The van der Waals surface area contributed by atoms with Gasteiger partial charge in [0, 0.05) is 36.8 Å². The lowest BCUT2D eigenvalue weighted by atomic mass is 9.55. The minimum absolute atomic E-state index is 0.150. The zero-order valence-electron chi connectivity index (χ0n) is 40.2. The molecule has 0 unspecified atom stereocenters. The summed E-state index contributed by atoms with van der Waals surface area (Å²) < 4.78 is 2.56. The third-order valence-corrected chi connectivity index (χ3v) is 16.9. The summed E-state index contributed by atoms with van der Waals surface area (Å²) in [5.41, 5.74) is 23.2. The summed E-state index contributed by atoms with van der Waals surface area (Å²) in [5, 5.41) is 2.53. The van der Waals surface area contributed by atoms with E-state index in [0.29, 0.717) is 0 Å². The molecule has 14 rings (SSSR count). The van der Waals surface area contributed by atoms with E-state index in [1.165, 1.54) is 104 Å². The minimum atomic E-state index is -0.453. The van der Waals surface area contributed by atoms with E-state index in [2.05, 4.69) is 280 Å². The SMILES string of the molecule is CC1(C)c2ccccc2C2(c3ccccc3-c3ccc(-c4ccc(N(c5ccccc5-c5ccccc5-c5ccccc5-c5ccccc5)c5cccc6sc7ccccc7c56)cc4)cc32)c2ccccc21. The van der Waals surface area contributed by atoms with Crippen LogP contribution in [0.15, 0.2) is 261 Å². The highest BCUT2D eigenvalue weighted by atomic mass is 32.1. The predicted octanol–water partition coefficient (Wildman–Crippen LogP) is 19.2. The van der Waals surface area contributed by atoms with E-state index in [9.17, 15) is 0 Å². The van der Waals surface area contributed by atoms with Crippen LogP contribution < -0.4 is 4.90 Å². The molecule has 1 aromatic heterocycles. The van der Waals surface area contributed by atoms with E-state index in [-0.39, 0.29) is 5.41 Å². The van der Waals surface area contributed by atoms with Gasteiger partial charge in [-0.05, 0) is 126 Å². The van der Waals surface area contributed by atoms with E-state index >= 15 is 0 Å². The number of fused-ring (bicyclic) bond motifs is 12. The molecule has 0 aliphatic heterocycles. The number of hydrogen-bond acceptors (Lipinski definition) is 2. The lowest BCUT2D eigenvalue weighted by molar-refractivity contribution is 0.563. The van der Waals surface area contributed by atoms with Crippen LogP contribution in [0.2, 0.25) is 0 Å². The number of rotatable bonds is 7. The van der Waals surface area contributed by atoms with Gasteiger partial charge in [-0.15, -0.1) is 11.3 Å². The molecule has 1 heterocycles. The number of thiophene rings is 1. The summed E-state index contributed by atoms with van der Waals surface area (Å²) in [5.74, 6) is 0. The molecule has 1 spiro atoms. The second-order valence-electron chi connectivity index (χ2n) is 19.9. The van der Waals surface area contributed by atoms with Crippen LogP contribution in [0.1, 0.15) is 47.2 Å². The molecule has 12 aromatic rings. The average molecular weight is 936 g/mol. The molecule has 0 amide bonds. The highest BCUT2D eigenvalue weighted by molar-refractivity contribution is 7.26. The van der Waals surface area contributed by atoms with Crippen LogP contribution >= 0.6 is 11.3 Å². The molecule has 0 radical (unpaired) electrons. The van der Waals surface area contributed by atoms with Gasteiger partial charge in [0.05, 0.1) is 16.8 Å². The Labute approximate surface area is 425 Å². The van der Waals surface area contributed by atoms with Gasteiger partial charge in [-0.3, -0.25) is 0 Å². The Kier molecular flexibility index (Phi) is 9.71. The largest absolute Gasteiger partial charge is 0.309 e. The van der Waals surface area contributed by atoms with E-state index in [1.54, 1.807) is 0 Å². The van der Waals surface area contributed by atoms with Crippen LogP contribution in [0.5, 0.6) is 0 Å². The number of nitrogens with zero attached hydrogens (tertiary/aromatic N) is 1. The van der Waals surface area contributed by atoms with Crippen LogP contribution in [0.4, 0.5) is 17.1 Å². The fourth-order valence-electron chi connectivity index (χ4n) is 12.6. The lowest BCUT2D eigenvalue weighted by Gasteiger charge is -2.46. The van der Waals surface area contributed by atoms with E-state index in [1.807, 2.05) is 11.3 Å². The number of benzene rings is 11. The molecule has 2 aliphatic carbocycles. The van der Waals surface area contributed by atoms with E-state index < -0.39 is 5.41 Å². The summed E-state index contributed by atoms with van der Waals surface area (Å²) in [6, 6.07) is 97.2. The molecule has 72 heavy (non-hydrogen) atoms. The first-order chi connectivity index (χ1) is 35.5. The fraction of sp³-hybridized carbons (Fsp3) is 0.0571. The standard InChI is InChI=1S/C70H49NS/c1-69(2)59-31-14-16-33-61(59)70(62-34-17-15-32-60(62)69)58-30-13-10-27-54(58)55-44-41-48(45-63(55)70)46-39-42-49(43-40-46)71(65-36-20-38-67-68(65)57-29-12-19-37-66(57)72-67)64-35-18-11-28-56(64)53-26-9-8-25-52(53)51-24-7-6-23-50(51)47-21-4-3-5-22-47/h3-45H,1-2H3. The Morgan fingerprint density at radius 1 is 0.306 bits per heavy atom. The topological polar surface area (TPSA) is 3.24 Å². The second kappa shape index (κ2) is 16.5. The van der Waals surface area contributed by atoms with Gasteiger partial charge in [-0.25, -0.2) is 0 Å². The average Bonchev–Trinajstić information content (AvgIpc) is 3.97. The van der Waals surface area contributed by atoms with E-state index in [4.69, 9.17) is 0 Å². The number of anilines is 3. The molecule has 0 fully saturated rings. The van der Waals surface area contributed by atoms with Gasteiger partial charge in [0.25, 0.3) is 0 Å². The molecule has 11 aromatic carbocycles. The number of para-hydroxylation sites is 1. The highest BCUT2D eigenvalue weighted by Crippen LogP contribution is 2.62. The molecule has 0 saturated heterocycles. The van der Waals surface area contributed by atoms with Crippen molar-refractivity contribution in [1.29, 1.82) is 0 Å². The highest BCUT2D eigenvalue weighted by Gasteiger charge is 2.53. The van der Waals surface area contributed by atoms with Crippen molar-refractivity contribution in [2.75, 3.05) is 4.90 Å². The van der Waals surface area contributed by atoms with Crippen molar-refractivity contribution in [3.8, 4) is 55.6 Å². The van der Waals surface area contributed by atoms with Crippen molar-refractivity contribution in [3.63, 3.8) is 0 Å². The fourth-order valence-corrected chi connectivity index (χ4v) is 13.8. The van der Waals surface area contributed by atoms with Crippen molar-refractivity contribution in [2.24, 2.45) is 0 Å². The Morgan fingerprint density at radius 2 is 0.792 bits per heavy atom. The van der Waals surface area contributed by atoms with Crippen molar-refractivity contribution < 1.29 is 0 Å². The number of hydrogen-bond donors (Lipinski definition) is 0. The molecule has 0 bridgehead atoms. The molecule has 0 saturated carbocycles. The van der Waals surface area contributed by atoms with Crippen LogP contribution in [0.25, 0.3) is 75.8 Å². The van der Waals surface area contributed by atoms with Gasteiger partial charge in [-0.2, -0.15) is 0 Å². The molecule has 1 nitrogen and oxygen atoms in total. The monoisotopic (exact) mass is 935 g/mol. The first-order valence-electron chi connectivity index (χ1n) is 25.1. The molecule has 340 valence electrons. The molecule has 2 heteroatoms. The van der Waals surface area contributed by atoms with Gasteiger partial charge < -0.3 is 4.90 Å². The maximum absolute atomic E-state index is 2.51. The Morgan fingerprint density at radius 3 is 1.50 bits per heavy atom. The third-order valence-electron chi connectivity index (χ3n) is 15.8. The van der Waals surface area contributed by atoms with Gasteiger partial charge in [-0.1, -0.05) is 232 Å². The Hall–Kier alpha value is -8.56. The van der Waals surface area contributed by atoms with Crippen LogP contribution in [-0.4, -0.2) is 0 Å². The van der Waals surface area contributed by atoms with Crippen molar-refractivity contribution in [2.45, 2.75) is 24.7 Å². The van der Waals surface area contributed by atoms with Crippen molar-refractivity contribution in [1.82, 2.24) is 0 Å². The lowest BCUT2D eigenvalue weighted by Crippen LogP contribution is -2.40. The van der Waals surface area contributed by atoms with Gasteiger partial charge >= 0.3 is 0 Å². The third kappa shape index (κ3) is 6.25. The molecule has 0 atom stereocenters. The predicted molar refractivity (Wildman–Crippen MR) is 305 cm³/mol. The zero-order chi connectivity index (χ0) is 48.0. The quantitative estimate of drug-likeness (QED) is 0.154. The van der Waals surface area contributed by atoms with Crippen molar-refractivity contribution in [3.05, 3.63) is 294 Å². The summed E-state index contributed by atoms with van der Waals surface area (Å²) >= 11 is 1.86. The molecule has 0 N–H and O–H groups in total. The maximum atomic E-state index is 2.51. The Balaban J connectivity index is 0.953. The first-order valence-corrected chi connectivity index (χ1v) is 25.9. The zero-order valence-corrected chi connectivity index (χ0v) is 41.0. The van der Waals surface area contributed by atoms with Gasteiger partial charge in [0.15, 0.2) is 0 Å². The van der Waals surface area contributed by atoms with Crippen LogP contribution in [-0.2, 0) is 10.8 Å². The van der Waals surface area contributed by atoms with Gasteiger partial charge in [0.1, 0.15) is 0 Å². The van der Waals surface area contributed by atoms with Gasteiger partial charge in [0.2, 0.25) is 0 Å². The summed E-state index contributed by atoms with van der Waals surface area (Å²) in [4.78, 5) is 2.51. The van der Waals surface area contributed by atoms with Crippen LogP contribution in [0, 0.1) is 0 Å². The normalized spacial score (nSPS) is 13.6. The summed E-state index contributed by atoms with van der Waals surface area (Å²) in [6.45, 7) is 4.79. The molecular formula is C70H49NS. The smallest absolute Gasteiger partial charge is 0.0719 e. The molecular weight excluding hydrogens is 887 g/mol.